The molecule has 2 rings (SSSR count). The summed E-state index contributed by atoms with van der Waals surface area (Å²) in [5, 5.41) is 2.92. The molecule has 22 heavy (non-hydrogen) atoms. The van der Waals surface area contributed by atoms with Crippen LogP contribution >= 0.6 is 15.9 Å². The number of amides is 1. The van der Waals surface area contributed by atoms with E-state index in [1.807, 2.05) is 49.4 Å². The van der Waals surface area contributed by atoms with Crippen LogP contribution in [0.4, 0.5) is 0 Å². The van der Waals surface area contributed by atoms with Crippen molar-refractivity contribution in [1.29, 1.82) is 0 Å². The van der Waals surface area contributed by atoms with Gasteiger partial charge in [0.05, 0.1) is 6.04 Å². The van der Waals surface area contributed by atoms with Crippen LogP contribution in [0.3, 0.4) is 0 Å². The fourth-order valence-electron chi connectivity index (χ4n) is 2.14. The highest BCUT2D eigenvalue weighted by Gasteiger charge is 2.12. The van der Waals surface area contributed by atoms with Gasteiger partial charge in [0.1, 0.15) is 0 Å². The van der Waals surface area contributed by atoms with Crippen molar-refractivity contribution in [3.05, 3.63) is 70.2 Å². The maximum atomic E-state index is 12.0. The van der Waals surface area contributed by atoms with Crippen molar-refractivity contribution in [2.24, 2.45) is 0 Å². The minimum atomic E-state index is -0.111. The first-order valence-corrected chi connectivity index (χ1v) is 7.98. The molecule has 0 aromatic heterocycles. The van der Waals surface area contributed by atoms with Crippen molar-refractivity contribution in [3.63, 3.8) is 0 Å². The third kappa shape index (κ3) is 4.81. The first-order chi connectivity index (χ1) is 10.6. The first kappa shape index (κ1) is 16.4. The molecule has 1 amide bonds. The summed E-state index contributed by atoms with van der Waals surface area (Å²) in [6.45, 7) is 1.93. The van der Waals surface area contributed by atoms with Crippen molar-refractivity contribution in [3.8, 4) is 0 Å². The molecular weight excluding hydrogens is 342 g/mol. The summed E-state index contributed by atoms with van der Waals surface area (Å²) >= 11 is 3.38. The number of nitrogens with one attached hydrogen (secondary N) is 1. The predicted octanol–water partition coefficient (Wildman–Crippen LogP) is 4.29. The van der Waals surface area contributed by atoms with Crippen LogP contribution in [0.15, 0.2) is 59.1 Å². The molecule has 2 aromatic carbocycles. The minimum absolute atomic E-state index is 0.00737. The van der Waals surface area contributed by atoms with Crippen LogP contribution in [0.2, 0.25) is 0 Å². The van der Waals surface area contributed by atoms with Gasteiger partial charge in [0.25, 0.3) is 0 Å². The summed E-state index contributed by atoms with van der Waals surface area (Å²) < 4.78 is 1.00. The van der Waals surface area contributed by atoms with Gasteiger partial charge in [-0.2, -0.15) is 0 Å². The second-order valence-corrected chi connectivity index (χ2v) is 6.05. The van der Waals surface area contributed by atoms with E-state index in [0.29, 0.717) is 5.56 Å². The van der Waals surface area contributed by atoms with Crippen LogP contribution < -0.4 is 5.32 Å². The Hall–Kier alpha value is -1.94. The average molecular weight is 360 g/mol. The number of benzene rings is 2. The fraction of sp³-hybridized carbons (Fsp3) is 0.222. The van der Waals surface area contributed by atoms with Crippen molar-refractivity contribution in [2.45, 2.75) is 25.8 Å². The number of ketones is 1. The Morgan fingerprint density at radius 1 is 1.00 bits per heavy atom. The molecule has 0 spiro atoms. The normalized spacial score (nSPS) is 11.7. The summed E-state index contributed by atoms with van der Waals surface area (Å²) in [5.74, 6) is -0.119. The zero-order valence-corrected chi connectivity index (χ0v) is 14.0. The second-order valence-electron chi connectivity index (χ2n) is 5.13. The quantitative estimate of drug-likeness (QED) is 0.782. The van der Waals surface area contributed by atoms with Crippen LogP contribution in [0.25, 0.3) is 0 Å². The molecule has 4 heteroatoms. The van der Waals surface area contributed by atoms with Crippen LogP contribution in [-0.2, 0) is 4.79 Å². The van der Waals surface area contributed by atoms with Crippen LogP contribution in [-0.4, -0.2) is 11.7 Å². The van der Waals surface area contributed by atoms with E-state index in [2.05, 4.69) is 21.2 Å². The lowest BCUT2D eigenvalue weighted by Gasteiger charge is -2.14. The monoisotopic (exact) mass is 359 g/mol. The van der Waals surface area contributed by atoms with E-state index in [0.717, 1.165) is 10.0 Å². The van der Waals surface area contributed by atoms with Crippen LogP contribution in [0.1, 0.15) is 41.7 Å². The highest BCUT2D eigenvalue weighted by atomic mass is 79.9. The van der Waals surface area contributed by atoms with Gasteiger partial charge >= 0.3 is 0 Å². The SMILES string of the molecule is CC(NC(=O)CCC(=O)c1ccccc1)c1ccc(Br)cc1. The molecule has 0 aliphatic heterocycles. The van der Waals surface area contributed by atoms with Gasteiger partial charge in [-0.15, -0.1) is 0 Å². The van der Waals surface area contributed by atoms with E-state index >= 15 is 0 Å². The lowest BCUT2D eigenvalue weighted by molar-refractivity contribution is -0.121. The molecule has 0 aliphatic carbocycles. The standard InChI is InChI=1S/C18H18BrNO2/c1-13(14-7-9-16(19)10-8-14)20-18(22)12-11-17(21)15-5-3-2-4-6-15/h2-10,13H,11-12H2,1H3,(H,20,22). The molecule has 114 valence electrons. The highest BCUT2D eigenvalue weighted by Crippen LogP contribution is 2.16. The second kappa shape index (κ2) is 7.90. The Kier molecular flexibility index (Phi) is 5.90. The summed E-state index contributed by atoms with van der Waals surface area (Å²) in [6.07, 6.45) is 0.428. The van der Waals surface area contributed by atoms with Crippen molar-refractivity contribution < 1.29 is 9.59 Å². The molecule has 1 unspecified atom stereocenters. The number of carbonyl (C=O) groups is 2. The van der Waals surface area contributed by atoms with E-state index in [1.165, 1.54) is 0 Å². The fourth-order valence-corrected chi connectivity index (χ4v) is 2.41. The number of Topliss-reactive ketones (excluding diaryl/α,β-unsaturated/α-hetero) is 1. The molecule has 0 aliphatic rings. The molecule has 0 saturated carbocycles. The zero-order chi connectivity index (χ0) is 15.9. The maximum Gasteiger partial charge on any atom is 0.220 e. The number of carbonyl (C=O) groups excluding carboxylic acids is 2. The molecule has 0 heterocycles. The number of halogens is 1. The molecular formula is C18H18BrNO2. The van der Waals surface area contributed by atoms with Gasteiger partial charge in [-0.05, 0) is 24.6 Å². The van der Waals surface area contributed by atoms with Gasteiger partial charge in [0, 0.05) is 22.9 Å². The van der Waals surface area contributed by atoms with E-state index < -0.39 is 0 Å². The van der Waals surface area contributed by atoms with Crippen LogP contribution in [0, 0.1) is 0 Å². The molecule has 2 aromatic rings. The lowest BCUT2D eigenvalue weighted by Crippen LogP contribution is -2.26. The largest absolute Gasteiger partial charge is 0.350 e. The van der Waals surface area contributed by atoms with Gasteiger partial charge in [-0.3, -0.25) is 9.59 Å². The van der Waals surface area contributed by atoms with Crippen molar-refractivity contribution >= 4 is 27.6 Å². The Morgan fingerprint density at radius 3 is 2.27 bits per heavy atom. The van der Waals surface area contributed by atoms with E-state index in [1.54, 1.807) is 12.1 Å². The first-order valence-electron chi connectivity index (χ1n) is 7.19. The molecule has 1 N–H and O–H groups in total. The topological polar surface area (TPSA) is 46.2 Å². The lowest BCUT2D eigenvalue weighted by atomic mass is 10.1. The number of rotatable bonds is 6. The number of hydrogen-bond donors (Lipinski definition) is 1. The van der Waals surface area contributed by atoms with E-state index in [-0.39, 0.29) is 30.6 Å². The van der Waals surface area contributed by atoms with Gasteiger partial charge in [-0.25, -0.2) is 0 Å². The summed E-state index contributed by atoms with van der Waals surface area (Å²) in [7, 11) is 0. The smallest absolute Gasteiger partial charge is 0.220 e. The third-order valence-electron chi connectivity index (χ3n) is 3.42. The van der Waals surface area contributed by atoms with Crippen LogP contribution in [0.5, 0.6) is 0 Å². The van der Waals surface area contributed by atoms with E-state index in [4.69, 9.17) is 0 Å². The highest BCUT2D eigenvalue weighted by molar-refractivity contribution is 9.10. The average Bonchev–Trinajstić information content (AvgIpc) is 2.54. The Labute approximate surface area is 138 Å². The minimum Gasteiger partial charge on any atom is -0.350 e. The van der Waals surface area contributed by atoms with Gasteiger partial charge in [-0.1, -0.05) is 58.4 Å². The molecule has 1 atom stereocenters. The third-order valence-corrected chi connectivity index (χ3v) is 3.95. The zero-order valence-electron chi connectivity index (χ0n) is 12.4. The molecule has 0 saturated heterocycles. The van der Waals surface area contributed by atoms with Gasteiger partial charge < -0.3 is 5.32 Å². The molecule has 3 nitrogen and oxygen atoms in total. The van der Waals surface area contributed by atoms with E-state index in [9.17, 15) is 9.59 Å². The van der Waals surface area contributed by atoms with Gasteiger partial charge in [0.2, 0.25) is 5.91 Å². The maximum absolute atomic E-state index is 12.0. The Bertz CT molecular complexity index is 638. The van der Waals surface area contributed by atoms with Crippen molar-refractivity contribution in [1.82, 2.24) is 5.32 Å². The Morgan fingerprint density at radius 2 is 1.64 bits per heavy atom. The van der Waals surface area contributed by atoms with Crippen molar-refractivity contribution in [2.75, 3.05) is 0 Å². The molecule has 0 bridgehead atoms. The predicted molar refractivity (Wildman–Crippen MR) is 90.7 cm³/mol. The summed E-state index contributed by atoms with van der Waals surface area (Å²) in [6, 6.07) is 16.8. The summed E-state index contributed by atoms with van der Waals surface area (Å²) in [4.78, 5) is 23.9. The molecule has 0 radical (unpaired) electrons. The molecule has 0 fully saturated rings. The summed E-state index contributed by atoms with van der Waals surface area (Å²) in [5.41, 5.74) is 1.68. The Balaban J connectivity index is 1.83. The van der Waals surface area contributed by atoms with Gasteiger partial charge in [0.15, 0.2) is 5.78 Å². The number of hydrogen-bond acceptors (Lipinski definition) is 2.